The van der Waals surface area contributed by atoms with Crippen LogP contribution >= 0.6 is 31.9 Å². The van der Waals surface area contributed by atoms with E-state index in [-0.39, 0.29) is 34.0 Å². The topological polar surface area (TPSA) is 126 Å². The highest BCUT2D eigenvalue weighted by atomic mass is 79.9. The smallest absolute Gasteiger partial charge is 0.344 e. The van der Waals surface area contributed by atoms with E-state index in [0.29, 0.717) is 22.3 Å². The highest BCUT2D eigenvalue weighted by Crippen LogP contribution is 2.36. The first-order valence-electron chi connectivity index (χ1n) is 10.7. The number of carbonyl (C=O) groups excluding carboxylic acids is 1. The number of esters is 1. The van der Waals surface area contributed by atoms with E-state index < -0.39 is 17.5 Å². The second kappa shape index (κ2) is 11.5. The van der Waals surface area contributed by atoms with Gasteiger partial charge in [0.25, 0.3) is 5.56 Å². The van der Waals surface area contributed by atoms with Crippen molar-refractivity contribution in [3.63, 3.8) is 0 Å². The Morgan fingerprint density at radius 2 is 2.03 bits per heavy atom. The molecule has 3 rings (SSSR count). The zero-order chi connectivity index (χ0) is 25.7. The Bertz CT molecular complexity index is 1370. The summed E-state index contributed by atoms with van der Waals surface area (Å²) in [6.07, 6.45) is 2.07. The third kappa shape index (κ3) is 6.12. The SMILES string of the molecule is CCOC(=O)COc1c(Br)cc(C=Nn2c([C@@H](C)CC)nc3ccc(Br)cc3c2=O)cc1[N+](=O)[O-]. The summed E-state index contributed by atoms with van der Waals surface area (Å²) in [5.74, 6) is -0.347. The standard InChI is InChI=1S/C23H22Br2N4O6/c1-4-13(3)22-27-18-7-6-15(24)10-16(18)23(31)28(22)26-11-14-8-17(25)21(19(9-14)29(32)33)35-12-20(30)34-5-2/h6-11,13H,4-5,12H2,1-3H3/t13-/m0/s1. The first-order valence-corrected chi connectivity index (χ1v) is 12.3. The maximum absolute atomic E-state index is 13.2. The van der Waals surface area contributed by atoms with Crippen LogP contribution in [-0.4, -0.2) is 40.0 Å². The summed E-state index contributed by atoms with van der Waals surface area (Å²) in [6.45, 7) is 5.25. The Morgan fingerprint density at radius 3 is 2.69 bits per heavy atom. The first-order chi connectivity index (χ1) is 16.7. The van der Waals surface area contributed by atoms with E-state index in [9.17, 15) is 19.7 Å². The van der Waals surface area contributed by atoms with Gasteiger partial charge in [-0.25, -0.2) is 9.78 Å². The maximum Gasteiger partial charge on any atom is 0.344 e. The molecule has 1 heterocycles. The zero-order valence-corrected chi connectivity index (χ0v) is 22.3. The monoisotopic (exact) mass is 608 g/mol. The lowest BCUT2D eigenvalue weighted by Gasteiger charge is -2.14. The Kier molecular flexibility index (Phi) is 8.73. The molecule has 0 fully saturated rings. The number of halogens is 2. The fraction of sp³-hybridized carbons (Fsp3) is 0.304. The second-order valence-electron chi connectivity index (χ2n) is 7.50. The van der Waals surface area contributed by atoms with E-state index in [1.807, 2.05) is 19.9 Å². The highest BCUT2D eigenvalue weighted by Gasteiger charge is 2.22. The molecule has 0 bridgehead atoms. The highest BCUT2D eigenvalue weighted by molar-refractivity contribution is 9.10. The molecule has 1 aromatic heterocycles. The molecular formula is C23H22Br2N4O6. The van der Waals surface area contributed by atoms with Crippen molar-refractivity contribution in [1.29, 1.82) is 0 Å². The Balaban J connectivity index is 2.06. The van der Waals surface area contributed by atoms with Crippen LogP contribution in [0.5, 0.6) is 5.75 Å². The van der Waals surface area contributed by atoms with Gasteiger partial charge in [0, 0.05) is 22.0 Å². The van der Waals surface area contributed by atoms with Crippen molar-refractivity contribution in [3.05, 3.63) is 71.1 Å². The van der Waals surface area contributed by atoms with Gasteiger partial charge in [-0.1, -0.05) is 29.8 Å². The van der Waals surface area contributed by atoms with Crippen LogP contribution in [0.2, 0.25) is 0 Å². The van der Waals surface area contributed by atoms with E-state index in [1.165, 1.54) is 23.0 Å². The van der Waals surface area contributed by atoms with Gasteiger partial charge >= 0.3 is 11.7 Å². The number of nitro benzene ring substituents is 1. The summed E-state index contributed by atoms with van der Waals surface area (Å²) in [4.78, 5) is 40.5. The van der Waals surface area contributed by atoms with Crippen molar-refractivity contribution in [2.75, 3.05) is 13.2 Å². The van der Waals surface area contributed by atoms with E-state index in [4.69, 9.17) is 9.47 Å². The molecule has 10 nitrogen and oxygen atoms in total. The Morgan fingerprint density at radius 1 is 1.29 bits per heavy atom. The number of carbonyl (C=O) groups is 1. The van der Waals surface area contributed by atoms with Crippen molar-refractivity contribution < 1.29 is 19.2 Å². The molecule has 1 atom stereocenters. The van der Waals surface area contributed by atoms with E-state index in [0.717, 1.165) is 10.9 Å². The fourth-order valence-corrected chi connectivity index (χ4v) is 4.13. The lowest BCUT2D eigenvalue weighted by atomic mass is 10.1. The molecule has 0 unspecified atom stereocenters. The van der Waals surface area contributed by atoms with Crippen LogP contribution in [0.3, 0.4) is 0 Å². The summed E-state index contributed by atoms with van der Waals surface area (Å²) in [5.41, 5.74) is 0.163. The number of hydrogen-bond donors (Lipinski definition) is 0. The van der Waals surface area contributed by atoms with E-state index in [2.05, 4.69) is 41.9 Å². The van der Waals surface area contributed by atoms with Gasteiger partial charge in [-0.15, -0.1) is 0 Å². The summed E-state index contributed by atoms with van der Waals surface area (Å²) >= 11 is 6.63. The van der Waals surface area contributed by atoms with Gasteiger partial charge < -0.3 is 9.47 Å². The van der Waals surface area contributed by atoms with Gasteiger partial charge in [0.05, 0.1) is 33.1 Å². The van der Waals surface area contributed by atoms with Crippen molar-refractivity contribution >= 4 is 60.6 Å². The average Bonchev–Trinajstić information content (AvgIpc) is 2.82. The molecule has 0 aliphatic heterocycles. The molecule has 0 radical (unpaired) electrons. The number of benzene rings is 2. The summed E-state index contributed by atoms with van der Waals surface area (Å²) in [7, 11) is 0. The molecule has 12 heteroatoms. The third-order valence-corrected chi connectivity index (χ3v) is 6.17. The van der Waals surface area contributed by atoms with Crippen LogP contribution in [0, 0.1) is 10.1 Å². The van der Waals surface area contributed by atoms with Gasteiger partial charge in [-0.3, -0.25) is 14.9 Å². The van der Waals surface area contributed by atoms with Crippen LogP contribution in [0.25, 0.3) is 10.9 Å². The molecule has 2 aromatic carbocycles. The minimum Gasteiger partial charge on any atom is -0.474 e. The zero-order valence-electron chi connectivity index (χ0n) is 19.2. The van der Waals surface area contributed by atoms with Crippen molar-refractivity contribution in [2.45, 2.75) is 33.1 Å². The van der Waals surface area contributed by atoms with Gasteiger partial charge in [0.1, 0.15) is 5.82 Å². The van der Waals surface area contributed by atoms with Gasteiger partial charge in [-0.2, -0.15) is 9.78 Å². The summed E-state index contributed by atoms with van der Waals surface area (Å²) < 4.78 is 12.3. The minimum absolute atomic E-state index is 0.0624. The number of aromatic nitrogens is 2. The molecule has 0 saturated carbocycles. The molecule has 0 saturated heterocycles. The largest absolute Gasteiger partial charge is 0.474 e. The number of nitro groups is 1. The summed E-state index contributed by atoms with van der Waals surface area (Å²) in [6, 6.07) is 8.03. The third-order valence-electron chi connectivity index (χ3n) is 5.09. The molecular weight excluding hydrogens is 588 g/mol. The number of ether oxygens (including phenoxy) is 2. The average molecular weight is 610 g/mol. The Hall–Kier alpha value is -3.12. The fourth-order valence-electron chi connectivity index (χ4n) is 3.19. The molecule has 0 spiro atoms. The number of rotatable bonds is 9. The maximum atomic E-state index is 13.2. The molecule has 184 valence electrons. The van der Waals surface area contributed by atoms with Crippen LogP contribution < -0.4 is 10.3 Å². The normalized spacial score (nSPS) is 12.1. The molecule has 3 aromatic rings. The van der Waals surface area contributed by atoms with E-state index >= 15 is 0 Å². The molecule has 0 aliphatic carbocycles. The molecule has 0 aliphatic rings. The van der Waals surface area contributed by atoms with E-state index in [1.54, 1.807) is 19.1 Å². The van der Waals surface area contributed by atoms with Crippen LogP contribution in [-0.2, 0) is 9.53 Å². The summed E-state index contributed by atoms with van der Waals surface area (Å²) in [5, 5.41) is 16.4. The van der Waals surface area contributed by atoms with Crippen LogP contribution in [0.4, 0.5) is 5.69 Å². The second-order valence-corrected chi connectivity index (χ2v) is 9.27. The molecule has 0 N–H and O–H groups in total. The predicted molar refractivity (Wildman–Crippen MR) is 138 cm³/mol. The first kappa shape index (κ1) is 26.5. The van der Waals surface area contributed by atoms with Crippen molar-refractivity contribution in [3.8, 4) is 5.75 Å². The number of hydrogen-bond acceptors (Lipinski definition) is 8. The van der Waals surface area contributed by atoms with Crippen molar-refractivity contribution in [1.82, 2.24) is 9.66 Å². The van der Waals surface area contributed by atoms with Gasteiger partial charge in [0.2, 0.25) is 5.75 Å². The molecule has 0 amide bonds. The van der Waals surface area contributed by atoms with Gasteiger partial charge in [-0.05, 0) is 53.5 Å². The van der Waals surface area contributed by atoms with Crippen molar-refractivity contribution in [2.24, 2.45) is 5.10 Å². The molecule has 35 heavy (non-hydrogen) atoms. The number of nitrogens with zero attached hydrogens (tertiary/aromatic N) is 4. The predicted octanol–water partition coefficient (Wildman–Crippen LogP) is 5.17. The lowest BCUT2D eigenvalue weighted by molar-refractivity contribution is -0.385. The Labute approximate surface area is 217 Å². The van der Waals surface area contributed by atoms with Gasteiger partial charge in [0.15, 0.2) is 6.61 Å². The quantitative estimate of drug-likeness (QED) is 0.142. The lowest BCUT2D eigenvalue weighted by Crippen LogP contribution is -2.23. The number of fused-ring (bicyclic) bond motifs is 1. The van der Waals surface area contributed by atoms with Crippen LogP contribution in [0.1, 0.15) is 44.5 Å². The van der Waals surface area contributed by atoms with Crippen LogP contribution in [0.15, 0.2) is 49.2 Å². The minimum atomic E-state index is -0.647.